The molecule has 0 aliphatic heterocycles. The van der Waals surface area contributed by atoms with Crippen molar-refractivity contribution < 1.29 is 4.74 Å². The van der Waals surface area contributed by atoms with Crippen molar-refractivity contribution in [2.75, 3.05) is 24.3 Å². The third-order valence-corrected chi connectivity index (χ3v) is 1.62. The van der Waals surface area contributed by atoms with Crippen LogP contribution in [0.5, 0.6) is 0 Å². The van der Waals surface area contributed by atoms with Crippen molar-refractivity contribution in [2.45, 2.75) is 19.9 Å². The summed E-state index contributed by atoms with van der Waals surface area (Å²) in [5.74, 6) is 1.09. The van der Waals surface area contributed by atoms with Gasteiger partial charge in [-0.25, -0.2) is 4.98 Å². The lowest BCUT2D eigenvalue weighted by atomic mass is 10.3. The van der Waals surface area contributed by atoms with Crippen LogP contribution in [0.25, 0.3) is 0 Å². The van der Waals surface area contributed by atoms with Crippen molar-refractivity contribution in [1.82, 2.24) is 9.97 Å². The molecule has 0 saturated heterocycles. The van der Waals surface area contributed by atoms with Gasteiger partial charge in [0, 0.05) is 12.6 Å². The normalized spacial score (nSPS) is 12.4. The molecule has 5 heteroatoms. The van der Waals surface area contributed by atoms with Crippen molar-refractivity contribution >= 4 is 11.6 Å². The minimum atomic E-state index is 0.200. The molecule has 0 radical (unpaired) electrons. The Balaban J connectivity index is 2.43. The van der Waals surface area contributed by atoms with E-state index in [9.17, 15) is 0 Å². The summed E-state index contributed by atoms with van der Waals surface area (Å²) < 4.78 is 5.26. The first kappa shape index (κ1) is 10.7. The van der Waals surface area contributed by atoms with Crippen LogP contribution in [0.3, 0.4) is 0 Å². The van der Waals surface area contributed by atoms with Gasteiger partial charge in [0.1, 0.15) is 11.6 Å². The van der Waals surface area contributed by atoms with Crippen molar-refractivity contribution in [2.24, 2.45) is 0 Å². The molecular weight excluding hydrogens is 180 g/mol. The van der Waals surface area contributed by atoms with E-state index in [2.05, 4.69) is 15.3 Å². The maximum absolute atomic E-state index is 5.49. The number of nitrogens with one attached hydrogen (secondary N) is 1. The highest BCUT2D eigenvalue weighted by Crippen LogP contribution is 2.04. The van der Waals surface area contributed by atoms with E-state index in [1.54, 1.807) is 6.20 Å². The summed E-state index contributed by atoms with van der Waals surface area (Å²) in [7, 11) is 0. The molecule has 14 heavy (non-hydrogen) atoms. The minimum Gasteiger partial charge on any atom is -0.382 e. The molecule has 1 aromatic rings. The summed E-state index contributed by atoms with van der Waals surface area (Å²) in [6.45, 7) is 5.34. The molecule has 1 aromatic heterocycles. The zero-order valence-electron chi connectivity index (χ0n) is 8.53. The van der Waals surface area contributed by atoms with E-state index >= 15 is 0 Å². The Morgan fingerprint density at radius 1 is 1.57 bits per heavy atom. The van der Waals surface area contributed by atoms with Gasteiger partial charge >= 0.3 is 0 Å². The molecular formula is C9H16N4O. The lowest BCUT2D eigenvalue weighted by Crippen LogP contribution is -2.22. The highest BCUT2D eigenvalue weighted by atomic mass is 16.5. The molecule has 0 aliphatic carbocycles. The van der Waals surface area contributed by atoms with Crippen LogP contribution >= 0.6 is 0 Å². The van der Waals surface area contributed by atoms with Crippen LogP contribution in [-0.2, 0) is 4.74 Å². The predicted octanol–water partition coefficient (Wildman–Crippen LogP) is 0.896. The van der Waals surface area contributed by atoms with Crippen LogP contribution in [-0.4, -0.2) is 29.2 Å². The highest BCUT2D eigenvalue weighted by molar-refractivity contribution is 5.38. The van der Waals surface area contributed by atoms with Gasteiger partial charge in [0.25, 0.3) is 0 Å². The molecule has 0 spiro atoms. The fourth-order valence-electron chi connectivity index (χ4n) is 1.04. The summed E-state index contributed by atoms with van der Waals surface area (Å²) >= 11 is 0. The standard InChI is InChI=1S/C9H16N4O/c1-3-14-6-7(2)12-9-5-11-4-8(10)13-9/h4-5,7H,3,6H2,1-2H3,(H3,10,12,13). The average molecular weight is 196 g/mol. The Bertz CT molecular complexity index is 279. The van der Waals surface area contributed by atoms with E-state index in [1.165, 1.54) is 6.20 Å². The predicted molar refractivity (Wildman–Crippen MR) is 56.0 cm³/mol. The first-order valence-electron chi connectivity index (χ1n) is 4.64. The van der Waals surface area contributed by atoms with E-state index in [0.717, 1.165) is 0 Å². The second-order valence-corrected chi connectivity index (χ2v) is 3.03. The average Bonchev–Trinajstić information content (AvgIpc) is 2.15. The molecule has 1 heterocycles. The Kier molecular flexibility index (Phi) is 4.12. The number of ether oxygens (including phenoxy) is 1. The maximum Gasteiger partial charge on any atom is 0.147 e. The largest absolute Gasteiger partial charge is 0.382 e. The molecule has 0 amide bonds. The quantitative estimate of drug-likeness (QED) is 0.731. The number of nitrogens with zero attached hydrogens (tertiary/aromatic N) is 2. The molecule has 3 N–H and O–H groups in total. The lowest BCUT2D eigenvalue weighted by molar-refractivity contribution is 0.141. The number of hydrogen-bond donors (Lipinski definition) is 2. The molecule has 0 fully saturated rings. The molecule has 1 unspecified atom stereocenters. The van der Waals surface area contributed by atoms with Gasteiger partial charge in [-0.2, -0.15) is 0 Å². The van der Waals surface area contributed by atoms with Gasteiger partial charge < -0.3 is 15.8 Å². The number of anilines is 2. The summed E-state index contributed by atoms with van der Waals surface area (Å²) in [6.07, 6.45) is 3.15. The third-order valence-electron chi connectivity index (χ3n) is 1.62. The van der Waals surface area contributed by atoms with E-state index in [4.69, 9.17) is 10.5 Å². The Hall–Kier alpha value is -1.36. The van der Waals surface area contributed by atoms with E-state index in [0.29, 0.717) is 24.8 Å². The second-order valence-electron chi connectivity index (χ2n) is 3.03. The fraction of sp³-hybridized carbons (Fsp3) is 0.556. The molecule has 1 rings (SSSR count). The van der Waals surface area contributed by atoms with E-state index < -0.39 is 0 Å². The Morgan fingerprint density at radius 2 is 2.36 bits per heavy atom. The molecule has 0 aliphatic rings. The van der Waals surface area contributed by atoms with Gasteiger partial charge in [0.15, 0.2) is 0 Å². The smallest absolute Gasteiger partial charge is 0.147 e. The van der Waals surface area contributed by atoms with Crippen molar-refractivity contribution in [3.05, 3.63) is 12.4 Å². The van der Waals surface area contributed by atoms with Crippen LogP contribution in [0, 0.1) is 0 Å². The third kappa shape index (κ3) is 3.57. The fourth-order valence-corrected chi connectivity index (χ4v) is 1.04. The zero-order chi connectivity index (χ0) is 10.4. The van der Waals surface area contributed by atoms with Crippen molar-refractivity contribution in [1.29, 1.82) is 0 Å². The number of rotatable bonds is 5. The van der Waals surface area contributed by atoms with Crippen molar-refractivity contribution in [3.63, 3.8) is 0 Å². The van der Waals surface area contributed by atoms with Crippen LogP contribution in [0.2, 0.25) is 0 Å². The second kappa shape index (κ2) is 5.39. The van der Waals surface area contributed by atoms with Gasteiger partial charge in [0.05, 0.1) is 19.0 Å². The van der Waals surface area contributed by atoms with E-state index in [1.807, 2.05) is 13.8 Å². The van der Waals surface area contributed by atoms with Crippen LogP contribution < -0.4 is 11.1 Å². The summed E-state index contributed by atoms with van der Waals surface area (Å²) in [6, 6.07) is 0.200. The van der Waals surface area contributed by atoms with Gasteiger partial charge in [-0.1, -0.05) is 0 Å². The van der Waals surface area contributed by atoms with Crippen molar-refractivity contribution in [3.8, 4) is 0 Å². The summed E-state index contributed by atoms with van der Waals surface area (Å²) in [5.41, 5.74) is 5.49. The molecule has 5 nitrogen and oxygen atoms in total. The molecule has 0 saturated carbocycles. The monoisotopic (exact) mass is 196 g/mol. The van der Waals surface area contributed by atoms with Crippen LogP contribution in [0.15, 0.2) is 12.4 Å². The first-order chi connectivity index (χ1) is 6.72. The van der Waals surface area contributed by atoms with Gasteiger partial charge in [-0.05, 0) is 13.8 Å². The van der Waals surface area contributed by atoms with Gasteiger partial charge in [-0.3, -0.25) is 4.98 Å². The first-order valence-corrected chi connectivity index (χ1v) is 4.64. The maximum atomic E-state index is 5.49. The van der Waals surface area contributed by atoms with Gasteiger partial charge in [0.2, 0.25) is 0 Å². The lowest BCUT2D eigenvalue weighted by Gasteiger charge is -2.13. The number of nitrogens with two attached hydrogens (primary N) is 1. The molecule has 0 aromatic carbocycles. The Labute approximate surface area is 83.7 Å². The number of aromatic nitrogens is 2. The summed E-state index contributed by atoms with van der Waals surface area (Å²) in [5, 5.41) is 3.14. The Morgan fingerprint density at radius 3 is 3.00 bits per heavy atom. The molecule has 78 valence electrons. The summed E-state index contributed by atoms with van der Waals surface area (Å²) in [4.78, 5) is 8.00. The minimum absolute atomic E-state index is 0.200. The topological polar surface area (TPSA) is 73.1 Å². The van der Waals surface area contributed by atoms with Gasteiger partial charge in [-0.15, -0.1) is 0 Å². The molecule has 0 bridgehead atoms. The van der Waals surface area contributed by atoms with Crippen LogP contribution in [0.4, 0.5) is 11.6 Å². The van der Waals surface area contributed by atoms with E-state index in [-0.39, 0.29) is 6.04 Å². The molecule has 1 atom stereocenters. The number of nitrogen functional groups attached to an aromatic ring is 1. The SMILES string of the molecule is CCOCC(C)Nc1cncc(N)n1. The van der Waals surface area contributed by atoms with Crippen LogP contribution in [0.1, 0.15) is 13.8 Å². The highest BCUT2D eigenvalue weighted by Gasteiger charge is 2.02. The number of hydrogen-bond acceptors (Lipinski definition) is 5. The zero-order valence-corrected chi connectivity index (χ0v) is 8.53.